The van der Waals surface area contributed by atoms with E-state index in [1.165, 1.54) is 6.07 Å². The number of aromatic nitrogens is 1. The Morgan fingerprint density at radius 2 is 2.31 bits per heavy atom. The molecular weight excluding hydrogens is 273 g/mol. The van der Waals surface area contributed by atoms with Gasteiger partial charge in [0.05, 0.1) is 0 Å². The second kappa shape index (κ2) is 6.15. The molecule has 0 saturated heterocycles. The molecule has 90 valence electrons. The maximum atomic E-state index is 13.7. The van der Waals surface area contributed by atoms with Crippen molar-refractivity contribution in [2.45, 2.75) is 13.8 Å². The highest BCUT2D eigenvalue weighted by atomic mass is 79.9. The van der Waals surface area contributed by atoms with E-state index in [-0.39, 0.29) is 5.82 Å². The van der Waals surface area contributed by atoms with Crippen LogP contribution in [0.3, 0.4) is 0 Å². The zero-order valence-corrected chi connectivity index (χ0v) is 11.2. The van der Waals surface area contributed by atoms with Crippen molar-refractivity contribution in [3.63, 3.8) is 0 Å². The molecular formula is C11H17BrFN3. The van der Waals surface area contributed by atoms with Gasteiger partial charge in [-0.2, -0.15) is 0 Å². The van der Waals surface area contributed by atoms with E-state index in [0.29, 0.717) is 22.8 Å². The average Bonchev–Trinajstić information content (AvgIpc) is 2.26. The van der Waals surface area contributed by atoms with E-state index in [9.17, 15) is 4.39 Å². The predicted molar refractivity (Wildman–Crippen MR) is 68.0 cm³/mol. The lowest BCUT2D eigenvalue weighted by Gasteiger charge is -2.25. The molecule has 1 heterocycles. The number of hydrogen-bond acceptors (Lipinski definition) is 3. The molecule has 1 unspecified atom stereocenters. The van der Waals surface area contributed by atoms with Gasteiger partial charge in [-0.25, -0.2) is 9.37 Å². The molecule has 3 nitrogen and oxygen atoms in total. The lowest BCUT2D eigenvalue weighted by Crippen LogP contribution is -2.32. The fourth-order valence-corrected chi connectivity index (χ4v) is 1.76. The molecule has 0 bridgehead atoms. The van der Waals surface area contributed by atoms with Gasteiger partial charge in [-0.1, -0.05) is 6.92 Å². The van der Waals surface area contributed by atoms with Crippen molar-refractivity contribution in [3.05, 3.63) is 22.6 Å². The molecule has 0 saturated carbocycles. The maximum Gasteiger partial charge on any atom is 0.166 e. The van der Waals surface area contributed by atoms with E-state index in [1.807, 2.05) is 18.7 Å². The standard InChI is InChI=1S/C11H17BrFN3/c1-3-16(7-8(2)5-14)11-10(13)4-9(12)6-15-11/h4,6,8H,3,5,7,14H2,1-2H3. The first kappa shape index (κ1) is 13.4. The van der Waals surface area contributed by atoms with Gasteiger partial charge >= 0.3 is 0 Å². The zero-order valence-electron chi connectivity index (χ0n) is 9.58. The Morgan fingerprint density at radius 1 is 1.62 bits per heavy atom. The monoisotopic (exact) mass is 289 g/mol. The van der Waals surface area contributed by atoms with Crippen molar-refractivity contribution < 1.29 is 4.39 Å². The Hall–Kier alpha value is -0.680. The molecule has 1 rings (SSSR count). The van der Waals surface area contributed by atoms with Crippen molar-refractivity contribution in [1.82, 2.24) is 4.98 Å². The van der Waals surface area contributed by atoms with Gasteiger partial charge in [-0.3, -0.25) is 0 Å². The van der Waals surface area contributed by atoms with Crippen molar-refractivity contribution in [2.24, 2.45) is 11.7 Å². The molecule has 1 aromatic rings. The lowest BCUT2D eigenvalue weighted by molar-refractivity contribution is 0.554. The molecule has 1 atom stereocenters. The predicted octanol–water partition coefficient (Wildman–Crippen LogP) is 2.40. The van der Waals surface area contributed by atoms with Crippen molar-refractivity contribution >= 4 is 21.7 Å². The molecule has 5 heteroatoms. The summed E-state index contributed by atoms with van der Waals surface area (Å²) < 4.78 is 14.3. The summed E-state index contributed by atoms with van der Waals surface area (Å²) >= 11 is 3.19. The molecule has 0 aliphatic heterocycles. The van der Waals surface area contributed by atoms with Crippen LogP contribution in [0.1, 0.15) is 13.8 Å². The average molecular weight is 290 g/mol. The van der Waals surface area contributed by atoms with Crippen molar-refractivity contribution in [2.75, 3.05) is 24.5 Å². The number of halogens is 2. The number of pyridine rings is 1. The van der Waals surface area contributed by atoms with Gasteiger partial charge in [0.25, 0.3) is 0 Å². The third-order valence-corrected chi connectivity index (χ3v) is 2.84. The number of nitrogens with zero attached hydrogens (tertiary/aromatic N) is 2. The minimum Gasteiger partial charge on any atom is -0.354 e. The molecule has 0 amide bonds. The van der Waals surface area contributed by atoms with E-state index in [0.717, 1.165) is 13.1 Å². The van der Waals surface area contributed by atoms with E-state index in [1.54, 1.807) is 6.20 Å². The second-order valence-corrected chi connectivity index (χ2v) is 4.75. The topological polar surface area (TPSA) is 42.1 Å². The third kappa shape index (κ3) is 3.42. The second-order valence-electron chi connectivity index (χ2n) is 3.84. The molecule has 0 aliphatic rings. The van der Waals surface area contributed by atoms with E-state index in [4.69, 9.17) is 5.73 Å². The van der Waals surface area contributed by atoms with Crippen LogP contribution in [0.5, 0.6) is 0 Å². The molecule has 0 aliphatic carbocycles. The van der Waals surface area contributed by atoms with E-state index in [2.05, 4.69) is 20.9 Å². The van der Waals surface area contributed by atoms with Crippen molar-refractivity contribution in [3.8, 4) is 0 Å². The summed E-state index contributed by atoms with van der Waals surface area (Å²) in [6.07, 6.45) is 1.61. The van der Waals surface area contributed by atoms with Gasteiger partial charge < -0.3 is 10.6 Å². The summed E-state index contributed by atoms with van der Waals surface area (Å²) in [5.74, 6) is 0.413. The van der Waals surface area contributed by atoms with E-state index < -0.39 is 0 Å². The summed E-state index contributed by atoms with van der Waals surface area (Å²) in [4.78, 5) is 6.00. The highest BCUT2D eigenvalue weighted by Crippen LogP contribution is 2.20. The van der Waals surface area contributed by atoms with Crippen LogP contribution in [-0.4, -0.2) is 24.6 Å². The van der Waals surface area contributed by atoms with Crippen LogP contribution in [0.4, 0.5) is 10.2 Å². The summed E-state index contributed by atoms with van der Waals surface area (Å²) in [5.41, 5.74) is 5.57. The van der Waals surface area contributed by atoms with Gasteiger partial charge in [-0.05, 0) is 41.4 Å². The summed E-state index contributed by atoms with van der Waals surface area (Å²) in [6, 6.07) is 1.43. The highest BCUT2D eigenvalue weighted by Gasteiger charge is 2.14. The molecule has 16 heavy (non-hydrogen) atoms. The minimum absolute atomic E-state index is 0.305. The number of rotatable bonds is 5. The van der Waals surface area contributed by atoms with Crippen LogP contribution < -0.4 is 10.6 Å². The van der Waals surface area contributed by atoms with Crippen molar-refractivity contribution in [1.29, 1.82) is 0 Å². The summed E-state index contributed by atoms with van der Waals surface area (Å²) in [7, 11) is 0. The number of nitrogens with two attached hydrogens (primary N) is 1. The van der Waals surface area contributed by atoms with Gasteiger partial charge in [-0.15, -0.1) is 0 Å². The van der Waals surface area contributed by atoms with Gasteiger partial charge in [0.15, 0.2) is 11.6 Å². The van der Waals surface area contributed by atoms with Crippen LogP contribution in [0.15, 0.2) is 16.7 Å². The minimum atomic E-state index is -0.305. The van der Waals surface area contributed by atoms with Crippen LogP contribution in [0, 0.1) is 11.7 Å². The number of hydrogen-bond donors (Lipinski definition) is 1. The van der Waals surface area contributed by atoms with Gasteiger partial charge in [0, 0.05) is 23.8 Å². The quantitative estimate of drug-likeness (QED) is 0.905. The van der Waals surface area contributed by atoms with E-state index >= 15 is 0 Å². The maximum absolute atomic E-state index is 13.7. The van der Waals surface area contributed by atoms with Crippen LogP contribution >= 0.6 is 15.9 Å². The Bertz CT molecular complexity index is 346. The molecule has 2 N–H and O–H groups in total. The first-order chi connectivity index (χ1) is 7.58. The Kier molecular flexibility index (Phi) is 5.15. The first-order valence-corrected chi connectivity index (χ1v) is 6.13. The molecule has 0 aromatic carbocycles. The van der Waals surface area contributed by atoms with Crippen LogP contribution in [0.2, 0.25) is 0 Å². The highest BCUT2D eigenvalue weighted by molar-refractivity contribution is 9.10. The van der Waals surface area contributed by atoms with Gasteiger partial charge in [0.2, 0.25) is 0 Å². The molecule has 0 spiro atoms. The number of anilines is 1. The fraction of sp³-hybridized carbons (Fsp3) is 0.545. The Morgan fingerprint density at radius 3 is 2.81 bits per heavy atom. The fourth-order valence-electron chi connectivity index (χ4n) is 1.46. The third-order valence-electron chi connectivity index (χ3n) is 2.40. The van der Waals surface area contributed by atoms with Crippen LogP contribution in [0.25, 0.3) is 0 Å². The first-order valence-electron chi connectivity index (χ1n) is 5.34. The normalized spacial score (nSPS) is 12.6. The molecule has 1 aromatic heterocycles. The SMILES string of the molecule is CCN(CC(C)CN)c1ncc(Br)cc1F. The summed E-state index contributed by atoms with van der Waals surface area (Å²) in [6.45, 7) is 6.05. The molecule has 0 fully saturated rings. The van der Waals surface area contributed by atoms with Gasteiger partial charge in [0.1, 0.15) is 0 Å². The zero-order chi connectivity index (χ0) is 12.1. The molecule has 0 radical (unpaired) electrons. The van der Waals surface area contributed by atoms with Crippen LogP contribution in [-0.2, 0) is 0 Å². The smallest absolute Gasteiger partial charge is 0.166 e. The summed E-state index contributed by atoms with van der Waals surface area (Å²) in [5, 5.41) is 0. The Labute approximate surface area is 104 Å². The lowest BCUT2D eigenvalue weighted by atomic mass is 10.1. The largest absolute Gasteiger partial charge is 0.354 e. The Balaban J connectivity index is 2.86.